The van der Waals surface area contributed by atoms with Gasteiger partial charge in [-0.25, -0.2) is 9.59 Å². The largest absolute Gasteiger partial charge is 0.480 e. The van der Waals surface area contributed by atoms with E-state index in [2.05, 4.69) is 12.2 Å². The Morgan fingerprint density at radius 2 is 1.95 bits per heavy atom. The van der Waals surface area contributed by atoms with E-state index >= 15 is 0 Å². The second-order valence-corrected chi connectivity index (χ2v) is 6.43. The fourth-order valence-electron chi connectivity index (χ4n) is 3.25. The number of carbonyl (C=O) groups excluding carboxylic acids is 1. The van der Waals surface area contributed by atoms with Crippen molar-refractivity contribution >= 4 is 12.0 Å². The number of nitrogens with one attached hydrogen (secondary N) is 1. The molecule has 2 fully saturated rings. The highest BCUT2D eigenvalue weighted by molar-refractivity contribution is 5.83. The number of carbonyl (C=O) groups is 2. The number of carboxylic acid groups (broad SMARTS) is 1. The van der Waals surface area contributed by atoms with E-state index in [-0.39, 0.29) is 24.4 Å². The molecule has 1 aliphatic carbocycles. The number of β-amino-alcohol motifs (C(OH)–C–C–N with tert-alkyl or cyclic N) is 1. The average Bonchev–Trinajstić information content (AvgIpc) is 2.79. The Balaban J connectivity index is 1.89. The first-order chi connectivity index (χ1) is 9.41. The highest BCUT2D eigenvalue weighted by atomic mass is 16.4. The summed E-state index contributed by atoms with van der Waals surface area (Å²) in [5.41, 5.74) is 0.116. The van der Waals surface area contributed by atoms with Gasteiger partial charge in [-0.2, -0.15) is 0 Å². The molecule has 0 bridgehead atoms. The van der Waals surface area contributed by atoms with Crippen LogP contribution < -0.4 is 5.32 Å². The lowest BCUT2D eigenvalue weighted by atomic mass is 9.76. The van der Waals surface area contributed by atoms with Crippen LogP contribution in [0.4, 0.5) is 4.79 Å². The van der Waals surface area contributed by atoms with Crippen LogP contribution in [0.25, 0.3) is 0 Å². The third-order valence-corrected chi connectivity index (χ3v) is 4.55. The number of hydrogen-bond donors (Lipinski definition) is 3. The maximum absolute atomic E-state index is 12.1. The van der Waals surface area contributed by atoms with E-state index in [1.807, 2.05) is 0 Å². The summed E-state index contributed by atoms with van der Waals surface area (Å²) in [6.45, 7) is 2.84. The van der Waals surface area contributed by atoms with Gasteiger partial charge in [0.05, 0.1) is 6.10 Å². The fourth-order valence-corrected chi connectivity index (χ4v) is 3.25. The molecule has 2 amide bonds. The number of aliphatic carboxylic acids is 1. The van der Waals surface area contributed by atoms with Gasteiger partial charge in [0.1, 0.15) is 6.04 Å². The van der Waals surface area contributed by atoms with Crippen LogP contribution in [0.1, 0.15) is 45.4 Å². The smallest absolute Gasteiger partial charge is 0.326 e. The van der Waals surface area contributed by atoms with Crippen molar-refractivity contribution in [1.29, 1.82) is 0 Å². The zero-order valence-electron chi connectivity index (χ0n) is 12.0. The molecule has 0 spiro atoms. The molecule has 0 radical (unpaired) electrons. The lowest BCUT2D eigenvalue weighted by Crippen LogP contribution is -2.48. The van der Waals surface area contributed by atoms with E-state index in [1.165, 1.54) is 24.2 Å². The number of urea groups is 1. The van der Waals surface area contributed by atoms with Crippen molar-refractivity contribution in [3.63, 3.8) is 0 Å². The third kappa shape index (κ3) is 3.42. The second-order valence-electron chi connectivity index (χ2n) is 6.43. The van der Waals surface area contributed by atoms with Crippen LogP contribution in [0.5, 0.6) is 0 Å². The van der Waals surface area contributed by atoms with Gasteiger partial charge in [0, 0.05) is 19.5 Å². The summed E-state index contributed by atoms with van der Waals surface area (Å²) < 4.78 is 0. The highest BCUT2D eigenvalue weighted by Gasteiger charge is 2.39. The maximum atomic E-state index is 12.1. The maximum Gasteiger partial charge on any atom is 0.326 e. The van der Waals surface area contributed by atoms with Crippen LogP contribution in [0.15, 0.2) is 0 Å². The Morgan fingerprint density at radius 1 is 1.30 bits per heavy atom. The quantitative estimate of drug-likeness (QED) is 0.726. The molecular formula is C14H24N2O4. The van der Waals surface area contributed by atoms with Crippen molar-refractivity contribution < 1.29 is 19.8 Å². The van der Waals surface area contributed by atoms with Gasteiger partial charge in [-0.3, -0.25) is 0 Å². The zero-order valence-corrected chi connectivity index (χ0v) is 12.0. The molecule has 1 saturated carbocycles. The van der Waals surface area contributed by atoms with Crippen molar-refractivity contribution in [2.45, 2.75) is 57.6 Å². The predicted octanol–water partition coefficient (Wildman–Crippen LogP) is 1.19. The van der Waals surface area contributed by atoms with Crippen LogP contribution in [0, 0.1) is 5.41 Å². The Kier molecular flexibility index (Phi) is 4.52. The van der Waals surface area contributed by atoms with Gasteiger partial charge in [0.15, 0.2) is 0 Å². The van der Waals surface area contributed by atoms with E-state index in [4.69, 9.17) is 5.11 Å². The summed E-state index contributed by atoms with van der Waals surface area (Å²) >= 11 is 0. The Bertz CT molecular complexity index is 379. The minimum Gasteiger partial charge on any atom is -0.480 e. The van der Waals surface area contributed by atoms with E-state index in [1.54, 1.807) is 0 Å². The van der Waals surface area contributed by atoms with Crippen molar-refractivity contribution in [3.8, 4) is 0 Å². The van der Waals surface area contributed by atoms with Crippen LogP contribution in [0.2, 0.25) is 0 Å². The van der Waals surface area contributed by atoms with E-state index in [0.717, 1.165) is 12.8 Å². The first kappa shape index (κ1) is 15.1. The number of hydrogen-bond acceptors (Lipinski definition) is 3. The molecule has 114 valence electrons. The van der Waals surface area contributed by atoms with Gasteiger partial charge < -0.3 is 20.4 Å². The van der Waals surface area contributed by atoms with Crippen molar-refractivity contribution in [3.05, 3.63) is 0 Å². The molecule has 1 heterocycles. The normalized spacial score (nSPS) is 29.2. The average molecular weight is 284 g/mol. The number of aliphatic hydroxyl groups is 1. The van der Waals surface area contributed by atoms with Crippen molar-refractivity contribution in [2.24, 2.45) is 5.41 Å². The van der Waals surface area contributed by atoms with Gasteiger partial charge in [-0.1, -0.05) is 26.2 Å². The summed E-state index contributed by atoms with van der Waals surface area (Å²) in [6.07, 6.45) is 5.19. The standard InChI is InChI=1S/C14H24N2O4/c1-14(5-3-2-4-6-14)9-15-13(20)16-8-10(17)7-11(16)12(18)19/h10-11,17H,2-9H2,1H3,(H,15,20)(H,18,19)/t10-,11-/m0/s1. The minimum absolute atomic E-state index is 0.0967. The molecular weight excluding hydrogens is 260 g/mol. The molecule has 3 N–H and O–H groups in total. The van der Waals surface area contributed by atoms with Crippen molar-refractivity contribution in [1.82, 2.24) is 10.2 Å². The number of nitrogens with zero attached hydrogens (tertiary/aromatic N) is 1. The lowest BCUT2D eigenvalue weighted by molar-refractivity contribution is -0.141. The van der Waals surface area contributed by atoms with Gasteiger partial charge in [-0.15, -0.1) is 0 Å². The van der Waals surface area contributed by atoms with Gasteiger partial charge in [0.2, 0.25) is 0 Å². The summed E-state index contributed by atoms with van der Waals surface area (Å²) in [6, 6.07) is -1.29. The first-order valence-electron chi connectivity index (χ1n) is 7.37. The molecule has 1 saturated heterocycles. The fraction of sp³-hybridized carbons (Fsp3) is 0.857. The van der Waals surface area contributed by atoms with Crippen LogP contribution in [-0.2, 0) is 4.79 Å². The molecule has 6 heteroatoms. The summed E-state index contributed by atoms with van der Waals surface area (Å²) in [5, 5.41) is 21.5. The molecule has 6 nitrogen and oxygen atoms in total. The van der Waals surface area contributed by atoms with Crippen molar-refractivity contribution in [2.75, 3.05) is 13.1 Å². The Morgan fingerprint density at radius 3 is 2.55 bits per heavy atom. The SMILES string of the molecule is CC1(CNC(=O)N2C[C@@H](O)C[C@H]2C(=O)O)CCCCC1. The molecule has 2 rings (SSSR count). The molecule has 2 atom stereocenters. The van der Waals surface area contributed by atoms with Crippen LogP contribution >= 0.6 is 0 Å². The zero-order chi connectivity index (χ0) is 14.8. The van der Waals surface area contributed by atoms with Crippen LogP contribution in [-0.4, -0.2) is 52.3 Å². The summed E-state index contributed by atoms with van der Waals surface area (Å²) in [4.78, 5) is 24.5. The Labute approximate surface area is 119 Å². The summed E-state index contributed by atoms with van der Waals surface area (Å²) in [7, 11) is 0. The third-order valence-electron chi connectivity index (χ3n) is 4.55. The highest BCUT2D eigenvalue weighted by Crippen LogP contribution is 2.35. The second kappa shape index (κ2) is 5.99. The summed E-state index contributed by atoms with van der Waals surface area (Å²) in [5.74, 6) is -1.06. The minimum atomic E-state index is -1.06. The molecule has 2 aliphatic rings. The number of rotatable bonds is 3. The van der Waals surface area contributed by atoms with Gasteiger partial charge in [-0.05, 0) is 18.3 Å². The molecule has 0 aromatic heterocycles. The van der Waals surface area contributed by atoms with Gasteiger partial charge in [0.25, 0.3) is 0 Å². The molecule has 0 aromatic rings. The van der Waals surface area contributed by atoms with Crippen LogP contribution in [0.3, 0.4) is 0 Å². The first-order valence-corrected chi connectivity index (χ1v) is 7.37. The number of likely N-dealkylation sites (tertiary alicyclic amines) is 1. The molecule has 0 aromatic carbocycles. The monoisotopic (exact) mass is 284 g/mol. The topological polar surface area (TPSA) is 89.9 Å². The number of carboxylic acids is 1. The van der Waals surface area contributed by atoms with E-state index in [0.29, 0.717) is 6.54 Å². The lowest BCUT2D eigenvalue weighted by Gasteiger charge is -2.34. The van der Waals surface area contributed by atoms with Gasteiger partial charge >= 0.3 is 12.0 Å². The Hall–Kier alpha value is -1.30. The predicted molar refractivity (Wildman–Crippen MR) is 73.3 cm³/mol. The van der Waals surface area contributed by atoms with E-state index in [9.17, 15) is 14.7 Å². The van der Waals surface area contributed by atoms with E-state index < -0.39 is 18.1 Å². The molecule has 0 unspecified atom stereocenters. The molecule has 20 heavy (non-hydrogen) atoms. The molecule has 1 aliphatic heterocycles. The number of aliphatic hydroxyl groups excluding tert-OH is 1. The number of amides is 2.